The standard InChI is InChI=1S/C23H28N4O4/c28-22(17-1-8-24-9-2-17)26-10-3-18(4-11-26)23(29)27-12-5-20-19(15-27)25-21(31-20)16-6-13-30-14-7-16/h1-2,8-9,16,18H,3-7,10-15H2. The molecule has 3 aliphatic rings. The normalized spacial score (nSPS) is 20.5. The molecular weight excluding hydrogens is 396 g/mol. The van der Waals surface area contributed by atoms with Crippen LogP contribution < -0.4 is 0 Å². The molecule has 0 bridgehead atoms. The topological polar surface area (TPSA) is 88.8 Å². The molecule has 0 unspecified atom stereocenters. The number of oxazole rings is 1. The summed E-state index contributed by atoms with van der Waals surface area (Å²) in [5, 5.41) is 0. The molecule has 0 spiro atoms. The summed E-state index contributed by atoms with van der Waals surface area (Å²) < 4.78 is 11.5. The molecule has 8 nitrogen and oxygen atoms in total. The summed E-state index contributed by atoms with van der Waals surface area (Å²) >= 11 is 0. The fourth-order valence-electron chi connectivity index (χ4n) is 4.79. The third-order valence-corrected chi connectivity index (χ3v) is 6.69. The summed E-state index contributed by atoms with van der Waals surface area (Å²) in [6.07, 6.45) is 7.27. The second-order valence-electron chi connectivity index (χ2n) is 8.62. The fourth-order valence-corrected chi connectivity index (χ4v) is 4.79. The van der Waals surface area contributed by atoms with Crippen LogP contribution in [0.2, 0.25) is 0 Å². The molecule has 0 radical (unpaired) electrons. The van der Waals surface area contributed by atoms with Gasteiger partial charge in [-0.1, -0.05) is 0 Å². The van der Waals surface area contributed by atoms with Crippen LogP contribution in [0.1, 0.15) is 59.3 Å². The lowest BCUT2D eigenvalue weighted by atomic mass is 9.94. The van der Waals surface area contributed by atoms with E-state index in [2.05, 4.69) is 4.98 Å². The quantitative estimate of drug-likeness (QED) is 0.752. The van der Waals surface area contributed by atoms with Gasteiger partial charge in [0, 0.05) is 69.1 Å². The van der Waals surface area contributed by atoms with Gasteiger partial charge >= 0.3 is 0 Å². The minimum atomic E-state index is -0.0371. The molecule has 3 aliphatic heterocycles. The van der Waals surface area contributed by atoms with Gasteiger partial charge in [0.2, 0.25) is 5.91 Å². The van der Waals surface area contributed by atoms with E-state index >= 15 is 0 Å². The Morgan fingerprint density at radius 1 is 0.968 bits per heavy atom. The summed E-state index contributed by atoms with van der Waals surface area (Å²) in [7, 11) is 0. The van der Waals surface area contributed by atoms with Crippen LogP contribution in [0, 0.1) is 5.92 Å². The smallest absolute Gasteiger partial charge is 0.253 e. The van der Waals surface area contributed by atoms with Crippen molar-refractivity contribution in [1.82, 2.24) is 19.8 Å². The largest absolute Gasteiger partial charge is 0.445 e. The average Bonchev–Trinajstić information content (AvgIpc) is 3.28. The van der Waals surface area contributed by atoms with Crippen LogP contribution in [0.4, 0.5) is 0 Å². The molecule has 0 N–H and O–H groups in total. The minimum Gasteiger partial charge on any atom is -0.445 e. The summed E-state index contributed by atoms with van der Waals surface area (Å²) in [5.41, 5.74) is 1.56. The van der Waals surface area contributed by atoms with Crippen molar-refractivity contribution in [2.45, 2.75) is 44.6 Å². The molecule has 0 saturated carbocycles. The first-order chi connectivity index (χ1) is 15.2. The summed E-state index contributed by atoms with van der Waals surface area (Å²) in [6.45, 7) is 3.92. The molecule has 164 valence electrons. The van der Waals surface area contributed by atoms with E-state index < -0.39 is 0 Å². The van der Waals surface area contributed by atoms with Crippen molar-refractivity contribution < 1.29 is 18.7 Å². The zero-order chi connectivity index (χ0) is 21.2. The van der Waals surface area contributed by atoms with Crippen molar-refractivity contribution >= 4 is 11.8 Å². The van der Waals surface area contributed by atoms with Crippen molar-refractivity contribution in [1.29, 1.82) is 0 Å². The maximum atomic E-state index is 13.2. The van der Waals surface area contributed by atoms with E-state index in [-0.39, 0.29) is 17.7 Å². The minimum absolute atomic E-state index is 0.0131. The van der Waals surface area contributed by atoms with Crippen LogP contribution in [0.5, 0.6) is 0 Å². The average molecular weight is 425 g/mol. The van der Waals surface area contributed by atoms with Crippen LogP contribution >= 0.6 is 0 Å². The van der Waals surface area contributed by atoms with E-state index in [1.54, 1.807) is 24.5 Å². The number of hydrogen-bond acceptors (Lipinski definition) is 6. The Balaban J connectivity index is 1.17. The Kier molecular flexibility index (Phi) is 5.72. The summed E-state index contributed by atoms with van der Waals surface area (Å²) in [6, 6.07) is 3.47. The van der Waals surface area contributed by atoms with E-state index in [0.29, 0.717) is 50.5 Å². The predicted octanol–water partition coefficient (Wildman–Crippen LogP) is 2.40. The highest BCUT2D eigenvalue weighted by Gasteiger charge is 2.34. The van der Waals surface area contributed by atoms with Crippen LogP contribution in [-0.2, 0) is 22.5 Å². The number of carbonyl (C=O) groups is 2. The Hall–Kier alpha value is -2.74. The maximum absolute atomic E-state index is 13.2. The van der Waals surface area contributed by atoms with Gasteiger partial charge in [0.05, 0.1) is 6.54 Å². The molecule has 5 heterocycles. The van der Waals surface area contributed by atoms with Gasteiger partial charge in [-0.15, -0.1) is 0 Å². The second kappa shape index (κ2) is 8.78. The van der Waals surface area contributed by atoms with Crippen LogP contribution in [0.3, 0.4) is 0 Å². The number of hydrogen-bond donors (Lipinski definition) is 0. The van der Waals surface area contributed by atoms with Crippen molar-refractivity contribution in [3.63, 3.8) is 0 Å². The third-order valence-electron chi connectivity index (χ3n) is 6.69. The number of amides is 2. The lowest BCUT2D eigenvalue weighted by Crippen LogP contribution is -2.45. The van der Waals surface area contributed by atoms with Crippen LogP contribution in [0.15, 0.2) is 28.9 Å². The zero-order valence-corrected chi connectivity index (χ0v) is 17.7. The predicted molar refractivity (Wildman–Crippen MR) is 111 cm³/mol. The van der Waals surface area contributed by atoms with E-state index in [4.69, 9.17) is 14.1 Å². The lowest BCUT2D eigenvalue weighted by molar-refractivity contribution is -0.138. The van der Waals surface area contributed by atoms with Crippen LogP contribution in [0.25, 0.3) is 0 Å². The molecule has 2 aromatic heterocycles. The first kappa shape index (κ1) is 20.2. The molecule has 2 saturated heterocycles. The van der Waals surface area contributed by atoms with Crippen molar-refractivity contribution in [2.75, 3.05) is 32.8 Å². The SMILES string of the molecule is O=C(c1ccncc1)N1CCC(C(=O)N2CCc3oc(C4CCOCC4)nc3C2)CC1. The van der Waals surface area contributed by atoms with Crippen molar-refractivity contribution in [3.05, 3.63) is 47.4 Å². The Morgan fingerprint density at radius 2 is 1.71 bits per heavy atom. The third kappa shape index (κ3) is 4.21. The molecule has 8 heteroatoms. The van der Waals surface area contributed by atoms with Gasteiger partial charge in [-0.05, 0) is 37.8 Å². The lowest BCUT2D eigenvalue weighted by Gasteiger charge is -2.35. The van der Waals surface area contributed by atoms with Crippen molar-refractivity contribution in [2.24, 2.45) is 5.92 Å². The number of fused-ring (bicyclic) bond motifs is 1. The highest BCUT2D eigenvalue weighted by atomic mass is 16.5. The van der Waals surface area contributed by atoms with Gasteiger partial charge in [-0.3, -0.25) is 14.6 Å². The van der Waals surface area contributed by atoms with Crippen LogP contribution in [-0.4, -0.2) is 64.4 Å². The molecule has 2 aromatic rings. The number of carbonyl (C=O) groups excluding carboxylic acids is 2. The molecular formula is C23H28N4O4. The number of ether oxygens (including phenoxy) is 1. The van der Waals surface area contributed by atoms with Gasteiger partial charge in [-0.25, -0.2) is 4.98 Å². The maximum Gasteiger partial charge on any atom is 0.253 e. The van der Waals surface area contributed by atoms with E-state index in [1.807, 2.05) is 9.80 Å². The van der Waals surface area contributed by atoms with Gasteiger partial charge in [-0.2, -0.15) is 0 Å². The number of pyridine rings is 1. The molecule has 0 aromatic carbocycles. The first-order valence-corrected chi connectivity index (χ1v) is 11.2. The zero-order valence-electron chi connectivity index (χ0n) is 17.7. The summed E-state index contributed by atoms with van der Waals surface area (Å²) in [4.78, 5) is 38.3. The van der Waals surface area contributed by atoms with E-state index in [9.17, 15) is 9.59 Å². The Morgan fingerprint density at radius 3 is 2.45 bits per heavy atom. The second-order valence-corrected chi connectivity index (χ2v) is 8.62. The number of rotatable bonds is 3. The Bertz CT molecular complexity index is 930. The van der Waals surface area contributed by atoms with Crippen molar-refractivity contribution in [3.8, 4) is 0 Å². The van der Waals surface area contributed by atoms with E-state index in [1.165, 1.54) is 0 Å². The molecule has 0 aliphatic carbocycles. The highest BCUT2D eigenvalue weighted by Crippen LogP contribution is 2.31. The van der Waals surface area contributed by atoms with E-state index in [0.717, 1.165) is 49.8 Å². The highest BCUT2D eigenvalue weighted by molar-refractivity contribution is 5.94. The fraction of sp³-hybridized carbons (Fsp3) is 0.565. The van der Waals surface area contributed by atoms with Gasteiger partial charge in [0.15, 0.2) is 5.89 Å². The van der Waals surface area contributed by atoms with Gasteiger partial charge in [0.1, 0.15) is 11.5 Å². The molecule has 31 heavy (non-hydrogen) atoms. The van der Waals surface area contributed by atoms with Gasteiger partial charge < -0.3 is 19.0 Å². The Labute approximate surface area is 181 Å². The monoisotopic (exact) mass is 424 g/mol. The summed E-state index contributed by atoms with van der Waals surface area (Å²) in [5.74, 6) is 2.22. The molecule has 2 amide bonds. The number of nitrogens with zero attached hydrogens (tertiary/aromatic N) is 4. The first-order valence-electron chi connectivity index (χ1n) is 11.2. The molecule has 0 atom stereocenters. The number of aromatic nitrogens is 2. The molecule has 2 fully saturated rings. The van der Waals surface area contributed by atoms with Gasteiger partial charge in [0.25, 0.3) is 5.91 Å². The number of piperidine rings is 1. The number of likely N-dealkylation sites (tertiary alicyclic amines) is 1. The molecule has 5 rings (SSSR count).